The number of benzene rings is 3. The number of carbonyl (C=O) groups excluding carboxylic acids is 2. The minimum atomic E-state index is -0.515. The molecule has 3 aromatic rings. The lowest BCUT2D eigenvalue weighted by atomic mass is 10.2. The Balaban J connectivity index is 1.66. The second-order valence-electron chi connectivity index (χ2n) is 6.22. The van der Waals surface area contributed by atoms with E-state index in [4.69, 9.17) is 21.1 Å². The van der Waals surface area contributed by atoms with E-state index in [0.29, 0.717) is 26.4 Å². The van der Waals surface area contributed by atoms with Crippen LogP contribution in [0.1, 0.15) is 15.9 Å². The van der Waals surface area contributed by atoms with Gasteiger partial charge < -0.3 is 9.47 Å². The SMILES string of the molecule is O=C(COc1ccc(Cl)cc1I)NN=Cc1cc(Br)cc(Br)c1OC(=O)c1ccccc1. The molecule has 0 aliphatic carbocycles. The van der Waals surface area contributed by atoms with Crippen molar-refractivity contribution in [3.63, 3.8) is 0 Å². The van der Waals surface area contributed by atoms with Gasteiger partial charge in [-0.2, -0.15) is 5.10 Å². The molecule has 0 radical (unpaired) electrons. The van der Waals surface area contributed by atoms with Crippen LogP contribution < -0.4 is 14.9 Å². The zero-order valence-electron chi connectivity index (χ0n) is 16.2. The van der Waals surface area contributed by atoms with E-state index in [0.717, 1.165) is 8.04 Å². The molecule has 32 heavy (non-hydrogen) atoms. The fraction of sp³-hybridized carbons (Fsp3) is 0.0455. The van der Waals surface area contributed by atoms with E-state index >= 15 is 0 Å². The number of amides is 1. The third kappa shape index (κ3) is 7.03. The van der Waals surface area contributed by atoms with Crippen molar-refractivity contribution in [2.75, 3.05) is 6.61 Å². The van der Waals surface area contributed by atoms with Crippen LogP contribution in [0.2, 0.25) is 5.02 Å². The Labute approximate surface area is 219 Å². The van der Waals surface area contributed by atoms with Crippen molar-refractivity contribution in [2.45, 2.75) is 0 Å². The van der Waals surface area contributed by atoms with Crippen LogP contribution in [0.3, 0.4) is 0 Å². The van der Waals surface area contributed by atoms with E-state index in [1.807, 2.05) is 6.07 Å². The lowest BCUT2D eigenvalue weighted by Gasteiger charge is -2.10. The quantitative estimate of drug-likeness (QED) is 0.105. The summed E-state index contributed by atoms with van der Waals surface area (Å²) in [6.45, 7) is -0.229. The number of nitrogens with one attached hydrogen (secondary N) is 1. The van der Waals surface area contributed by atoms with Crippen molar-refractivity contribution in [3.8, 4) is 11.5 Å². The topological polar surface area (TPSA) is 77.0 Å². The molecule has 0 unspecified atom stereocenters. The van der Waals surface area contributed by atoms with Crippen LogP contribution in [0.15, 0.2) is 74.7 Å². The maximum absolute atomic E-state index is 12.5. The van der Waals surface area contributed by atoms with E-state index in [-0.39, 0.29) is 12.4 Å². The van der Waals surface area contributed by atoms with Crippen LogP contribution in [0, 0.1) is 3.57 Å². The summed E-state index contributed by atoms with van der Waals surface area (Å²) in [5.41, 5.74) is 3.27. The average Bonchev–Trinajstić information content (AvgIpc) is 2.76. The zero-order chi connectivity index (χ0) is 23.1. The van der Waals surface area contributed by atoms with Gasteiger partial charge in [0, 0.05) is 15.1 Å². The highest BCUT2D eigenvalue weighted by Gasteiger charge is 2.15. The van der Waals surface area contributed by atoms with Crippen molar-refractivity contribution in [1.82, 2.24) is 5.43 Å². The smallest absolute Gasteiger partial charge is 0.343 e. The number of esters is 1. The van der Waals surface area contributed by atoms with Gasteiger partial charge in [-0.25, -0.2) is 10.2 Å². The molecule has 164 valence electrons. The average molecular weight is 693 g/mol. The van der Waals surface area contributed by atoms with Crippen LogP contribution in [0.25, 0.3) is 0 Å². The van der Waals surface area contributed by atoms with Gasteiger partial charge in [-0.05, 0) is 81.0 Å². The third-order valence-corrected chi connectivity index (χ3v) is 6.01. The number of hydrogen-bond donors (Lipinski definition) is 1. The second kappa shape index (κ2) is 11.8. The van der Waals surface area contributed by atoms with Crippen LogP contribution in [0.5, 0.6) is 11.5 Å². The lowest BCUT2D eigenvalue weighted by Crippen LogP contribution is -2.24. The summed E-state index contributed by atoms with van der Waals surface area (Å²) in [7, 11) is 0. The van der Waals surface area contributed by atoms with E-state index in [1.165, 1.54) is 6.21 Å². The molecule has 0 saturated heterocycles. The number of carbonyl (C=O) groups is 2. The predicted molar refractivity (Wildman–Crippen MR) is 139 cm³/mol. The van der Waals surface area contributed by atoms with E-state index in [9.17, 15) is 9.59 Å². The van der Waals surface area contributed by atoms with Gasteiger partial charge in [0.15, 0.2) is 12.4 Å². The molecule has 0 saturated carbocycles. The van der Waals surface area contributed by atoms with Gasteiger partial charge in [-0.1, -0.05) is 45.7 Å². The first kappa shape index (κ1) is 24.7. The Bertz CT molecular complexity index is 1180. The van der Waals surface area contributed by atoms with Crippen molar-refractivity contribution >= 4 is 84.1 Å². The molecule has 0 bridgehead atoms. The molecule has 3 rings (SSSR count). The minimum Gasteiger partial charge on any atom is -0.483 e. The van der Waals surface area contributed by atoms with Crippen molar-refractivity contribution < 1.29 is 19.1 Å². The maximum atomic E-state index is 12.5. The largest absolute Gasteiger partial charge is 0.483 e. The van der Waals surface area contributed by atoms with Gasteiger partial charge >= 0.3 is 5.97 Å². The second-order valence-corrected chi connectivity index (χ2v) is 9.59. The molecule has 0 aliphatic rings. The summed E-state index contributed by atoms with van der Waals surface area (Å²) in [6, 6.07) is 17.2. The molecule has 3 aromatic carbocycles. The van der Waals surface area contributed by atoms with Gasteiger partial charge in [0.25, 0.3) is 5.91 Å². The first-order chi connectivity index (χ1) is 15.3. The van der Waals surface area contributed by atoms with Gasteiger partial charge in [-0.15, -0.1) is 0 Å². The van der Waals surface area contributed by atoms with Gasteiger partial charge in [0.05, 0.1) is 19.8 Å². The van der Waals surface area contributed by atoms with E-state index in [1.54, 1.807) is 54.6 Å². The normalized spacial score (nSPS) is 10.8. The highest BCUT2D eigenvalue weighted by atomic mass is 127. The van der Waals surface area contributed by atoms with E-state index < -0.39 is 11.9 Å². The van der Waals surface area contributed by atoms with Gasteiger partial charge in [0.2, 0.25) is 0 Å². The standard InChI is InChI=1S/C22H14Br2ClIN2O4/c23-15-8-14(21(17(24)9-15)32-22(30)13-4-2-1-3-5-13)11-27-28-20(29)12-31-19-7-6-16(25)10-18(19)26/h1-11H,12H2,(H,28,29). The number of nitrogens with zero attached hydrogens (tertiary/aromatic N) is 1. The molecule has 1 N–H and O–H groups in total. The van der Waals surface area contributed by atoms with E-state index in [2.05, 4.69) is 65.0 Å². The molecule has 6 nitrogen and oxygen atoms in total. The zero-order valence-corrected chi connectivity index (χ0v) is 22.2. The Morgan fingerprint density at radius 3 is 2.56 bits per heavy atom. The Kier molecular flexibility index (Phi) is 9.09. The number of ether oxygens (including phenoxy) is 2. The molecule has 0 fully saturated rings. The summed E-state index contributed by atoms with van der Waals surface area (Å²) in [6.07, 6.45) is 1.38. The first-order valence-corrected chi connectivity index (χ1v) is 12.0. The summed E-state index contributed by atoms with van der Waals surface area (Å²) in [4.78, 5) is 24.5. The molecule has 0 atom stereocenters. The summed E-state index contributed by atoms with van der Waals surface area (Å²) in [5.74, 6) is -0.158. The molecule has 0 aliphatic heterocycles. The third-order valence-electron chi connectivity index (χ3n) is 3.89. The highest BCUT2D eigenvalue weighted by molar-refractivity contribution is 14.1. The molecular weight excluding hydrogens is 678 g/mol. The van der Waals surface area contributed by atoms with Crippen molar-refractivity contribution in [2.24, 2.45) is 5.10 Å². The summed E-state index contributed by atoms with van der Waals surface area (Å²) in [5, 5.41) is 4.54. The van der Waals surface area contributed by atoms with Crippen molar-refractivity contribution in [1.29, 1.82) is 0 Å². The molecule has 10 heteroatoms. The van der Waals surface area contributed by atoms with Crippen LogP contribution in [0.4, 0.5) is 0 Å². The fourth-order valence-electron chi connectivity index (χ4n) is 2.45. The fourth-order valence-corrected chi connectivity index (χ4v) is 4.82. The Morgan fingerprint density at radius 2 is 1.84 bits per heavy atom. The van der Waals surface area contributed by atoms with Crippen LogP contribution in [-0.4, -0.2) is 24.7 Å². The maximum Gasteiger partial charge on any atom is 0.343 e. The molecule has 0 heterocycles. The van der Waals surface area contributed by atoms with Crippen LogP contribution >= 0.6 is 66.1 Å². The predicted octanol–water partition coefficient (Wildman–Crippen LogP) is 6.22. The van der Waals surface area contributed by atoms with Gasteiger partial charge in [0.1, 0.15) is 5.75 Å². The number of halogens is 4. The van der Waals surface area contributed by atoms with Crippen LogP contribution in [-0.2, 0) is 4.79 Å². The Morgan fingerprint density at radius 1 is 1.09 bits per heavy atom. The lowest BCUT2D eigenvalue weighted by molar-refractivity contribution is -0.123. The summed E-state index contributed by atoms with van der Waals surface area (Å²) >= 11 is 14.8. The molecule has 0 spiro atoms. The number of rotatable bonds is 7. The van der Waals surface area contributed by atoms with Gasteiger partial charge in [-0.3, -0.25) is 4.79 Å². The minimum absolute atomic E-state index is 0.229. The highest BCUT2D eigenvalue weighted by Crippen LogP contribution is 2.32. The first-order valence-electron chi connectivity index (χ1n) is 8.99. The number of hydrogen-bond acceptors (Lipinski definition) is 5. The molecular formula is C22H14Br2ClIN2O4. The molecule has 0 aromatic heterocycles. The monoisotopic (exact) mass is 690 g/mol. The number of hydrazone groups is 1. The Hall–Kier alpha value is -1.95. The van der Waals surface area contributed by atoms with Crippen molar-refractivity contribution in [3.05, 3.63) is 89.3 Å². The molecule has 1 amide bonds. The summed E-state index contributed by atoms with van der Waals surface area (Å²) < 4.78 is 13.1.